The number of hydrogen-bond acceptors (Lipinski definition) is 4. The van der Waals surface area contributed by atoms with Crippen molar-refractivity contribution in [2.45, 2.75) is 39.2 Å². The molecule has 106 valence electrons. The van der Waals surface area contributed by atoms with E-state index in [0.717, 1.165) is 5.56 Å². The number of esters is 1. The van der Waals surface area contributed by atoms with E-state index in [9.17, 15) is 4.79 Å². The van der Waals surface area contributed by atoms with Gasteiger partial charge in [0, 0.05) is 12.3 Å². The molecule has 0 aliphatic heterocycles. The maximum Gasteiger partial charge on any atom is 0.316 e. The fraction of sp³-hybridized carbons (Fsp3) is 0.533. The number of nitrogen functional groups attached to an aromatic ring is 1. The van der Waals surface area contributed by atoms with E-state index >= 15 is 0 Å². The van der Waals surface area contributed by atoms with Crippen LogP contribution in [0.15, 0.2) is 24.3 Å². The van der Waals surface area contributed by atoms with Crippen molar-refractivity contribution in [3.05, 3.63) is 29.8 Å². The summed E-state index contributed by atoms with van der Waals surface area (Å²) in [5, 5.41) is 0. The van der Waals surface area contributed by atoms with Crippen LogP contribution in [0.1, 0.15) is 33.3 Å². The van der Waals surface area contributed by atoms with Crippen LogP contribution in [0.4, 0.5) is 5.69 Å². The molecule has 0 radical (unpaired) electrons. The van der Waals surface area contributed by atoms with E-state index in [-0.39, 0.29) is 12.1 Å². The van der Waals surface area contributed by atoms with Gasteiger partial charge in [0.15, 0.2) is 0 Å². The Kier molecular flexibility index (Phi) is 5.36. The van der Waals surface area contributed by atoms with Gasteiger partial charge in [-0.05, 0) is 45.4 Å². The Morgan fingerprint density at radius 3 is 2.42 bits per heavy atom. The highest BCUT2D eigenvalue weighted by atomic mass is 16.6. The second-order valence-corrected chi connectivity index (χ2v) is 5.12. The third-order valence-electron chi connectivity index (χ3n) is 3.01. The molecule has 4 heteroatoms. The lowest BCUT2D eigenvalue weighted by Gasteiger charge is -2.25. The van der Waals surface area contributed by atoms with E-state index < -0.39 is 5.41 Å². The molecule has 0 aliphatic rings. The van der Waals surface area contributed by atoms with Crippen LogP contribution in [-0.2, 0) is 19.7 Å². The Balaban J connectivity index is 2.71. The number of ether oxygens (including phenoxy) is 2. The van der Waals surface area contributed by atoms with Crippen molar-refractivity contribution in [1.82, 2.24) is 0 Å². The summed E-state index contributed by atoms with van der Waals surface area (Å²) in [6.45, 7) is 8.45. The van der Waals surface area contributed by atoms with Crippen molar-refractivity contribution in [2.24, 2.45) is 0 Å². The van der Waals surface area contributed by atoms with Gasteiger partial charge in [0.2, 0.25) is 0 Å². The average molecular weight is 265 g/mol. The molecule has 0 saturated heterocycles. The lowest BCUT2D eigenvalue weighted by atomic mass is 9.84. The van der Waals surface area contributed by atoms with Gasteiger partial charge in [-0.25, -0.2) is 0 Å². The molecule has 0 saturated carbocycles. The molecule has 19 heavy (non-hydrogen) atoms. The van der Waals surface area contributed by atoms with Crippen molar-refractivity contribution >= 4 is 11.7 Å². The topological polar surface area (TPSA) is 61.5 Å². The van der Waals surface area contributed by atoms with Gasteiger partial charge in [-0.2, -0.15) is 0 Å². The first-order valence-corrected chi connectivity index (χ1v) is 6.52. The molecule has 0 fully saturated rings. The Hall–Kier alpha value is -1.55. The Morgan fingerprint density at radius 1 is 1.32 bits per heavy atom. The molecule has 0 aromatic heterocycles. The third-order valence-corrected chi connectivity index (χ3v) is 3.01. The fourth-order valence-corrected chi connectivity index (χ4v) is 1.67. The van der Waals surface area contributed by atoms with Gasteiger partial charge in [0.25, 0.3) is 0 Å². The van der Waals surface area contributed by atoms with Crippen LogP contribution in [0.5, 0.6) is 0 Å². The highest BCUT2D eigenvalue weighted by molar-refractivity contribution is 5.82. The first kappa shape index (κ1) is 15.5. The summed E-state index contributed by atoms with van der Waals surface area (Å²) < 4.78 is 10.6. The number of hydrogen-bond donors (Lipinski definition) is 1. The van der Waals surface area contributed by atoms with Crippen LogP contribution in [-0.4, -0.2) is 25.3 Å². The van der Waals surface area contributed by atoms with E-state index in [1.807, 2.05) is 39.8 Å². The zero-order valence-electron chi connectivity index (χ0n) is 12.1. The average Bonchev–Trinajstić information content (AvgIpc) is 2.36. The summed E-state index contributed by atoms with van der Waals surface area (Å²) in [6.07, 6.45) is -0.250. The third kappa shape index (κ3) is 4.24. The molecule has 0 spiro atoms. The van der Waals surface area contributed by atoms with Gasteiger partial charge >= 0.3 is 5.97 Å². The lowest BCUT2D eigenvalue weighted by molar-refractivity contribution is -0.156. The van der Waals surface area contributed by atoms with Gasteiger partial charge < -0.3 is 15.2 Å². The molecule has 2 N–H and O–H groups in total. The minimum absolute atomic E-state index is 0.250. The smallest absolute Gasteiger partial charge is 0.316 e. The highest BCUT2D eigenvalue weighted by Crippen LogP contribution is 2.26. The van der Waals surface area contributed by atoms with Gasteiger partial charge in [0.1, 0.15) is 6.10 Å². The Labute approximate surface area is 114 Å². The summed E-state index contributed by atoms with van der Waals surface area (Å²) in [5.41, 5.74) is 6.51. The molecule has 1 unspecified atom stereocenters. The first-order valence-electron chi connectivity index (χ1n) is 6.52. The molecule has 4 nitrogen and oxygen atoms in total. The maximum atomic E-state index is 12.2. The van der Waals surface area contributed by atoms with Crippen molar-refractivity contribution in [3.8, 4) is 0 Å². The zero-order chi connectivity index (χ0) is 14.5. The van der Waals surface area contributed by atoms with Crippen LogP contribution < -0.4 is 5.73 Å². The molecule has 0 heterocycles. The molecule has 0 aliphatic carbocycles. The maximum absolute atomic E-state index is 12.2. The van der Waals surface area contributed by atoms with E-state index in [2.05, 4.69) is 0 Å². The van der Waals surface area contributed by atoms with E-state index in [1.165, 1.54) is 0 Å². The Bertz CT molecular complexity index is 412. The predicted molar refractivity (Wildman–Crippen MR) is 75.9 cm³/mol. The van der Waals surface area contributed by atoms with Gasteiger partial charge in [0.05, 0.1) is 12.0 Å². The molecule has 1 atom stereocenters. The fourth-order valence-electron chi connectivity index (χ4n) is 1.67. The minimum Gasteiger partial charge on any atom is -0.460 e. The summed E-state index contributed by atoms with van der Waals surface area (Å²) in [4.78, 5) is 12.2. The minimum atomic E-state index is -0.700. The normalized spacial score (nSPS) is 13.1. The van der Waals surface area contributed by atoms with Crippen LogP contribution in [0.2, 0.25) is 0 Å². The number of benzene rings is 1. The Morgan fingerprint density at radius 2 is 1.89 bits per heavy atom. The molecule has 0 amide bonds. The second-order valence-electron chi connectivity index (χ2n) is 5.12. The highest BCUT2D eigenvalue weighted by Gasteiger charge is 2.32. The van der Waals surface area contributed by atoms with Gasteiger partial charge in [-0.1, -0.05) is 12.1 Å². The van der Waals surface area contributed by atoms with Crippen LogP contribution >= 0.6 is 0 Å². The van der Waals surface area contributed by atoms with Crippen LogP contribution in [0.3, 0.4) is 0 Å². The summed E-state index contributed by atoms with van der Waals surface area (Å²) in [7, 11) is 0. The number of rotatable bonds is 6. The molecule has 1 aromatic rings. The summed E-state index contributed by atoms with van der Waals surface area (Å²) in [5.74, 6) is -0.260. The molecule has 0 bridgehead atoms. The monoisotopic (exact) mass is 265 g/mol. The van der Waals surface area contributed by atoms with Crippen molar-refractivity contribution in [1.29, 1.82) is 0 Å². The second kappa shape index (κ2) is 6.57. The van der Waals surface area contributed by atoms with Crippen molar-refractivity contribution in [2.75, 3.05) is 18.9 Å². The lowest BCUT2D eigenvalue weighted by Crippen LogP contribution is -2.34. The SMILES string of the molecule is CCOCC(C)OC(=O)C(C)(C)c1ccc(N)cc1. The largest absolute Gasteiger partial charge is 0.460 e. The van der Waals surface area contributed by atoms with Gasteiger partial charge in [-0.15, -0.1) is 0 Å². The molecular formula is C15H23NO3. The van der Waals surface area contributed by atoms with E-state index in [0.29, 0.717) is 18.9 Å². The number of carbonyl (C=O) groups is 1. The number of carbonyl (C=O) groups excluding carboxylic acids is 1. The number of anilines is 1. The molecule has 1 aromatic carbocycles. The summed E-state index contributed by atoms with van der Waals surface area (Å²) in [6, 6.07) is 7.27. The quantitative estimate of drug-likeness (QED) is 0.634. The van der Waals surface area contributed by atoms with Crippen LogP contribution in [0, 0.1) is 0 Å². The predicted octanol–water partition coefficient (Wildman–Crippen LogP) is 2.51. The number of nitrogens with two attached hydrogens (primary N) is 1. The van der Waals surface area contributed by atoms with E-state index in [4.69, 9.17) is 15.2 Å². The molecule has 1 rings (SSSR count). The van der Waals surface area contributed by atoms with Crippen LogP contribution in [0.25, 0.3) is 0 Å². The van der Waals surface area contributed by atoms with Gasteiger partial charge in [-0.3, -0.25) is 4.79 Å². The standard InChI is InChI=1S/C15H23NO3/c1-5-18-10-11(2)19-14(17)15(3,4)12-6-8-13(16)9-7-12/h6-9,11H,5,10,16H2,1-4H3. The van der Waals surface area contributed by atoms with Crippen molar-refractivity contribution in [3.63, 3.8) is 0 Å². The first-order chi connectivity index (χ1) is 8.87. The zero-order valence-corrected chi connectivity index (χ0v) is 12.1. The van der Waals surface area contributed by atoms with Crippen molar-refractivity contribution < 1.29 is 14.3 Å². The summed E-state index contributed by atoms with van der Waals surface area (Å²) >= 11 is 0. The van der Waals surface area contributed by atoms with E-state index in [1.54, 1.807) is 12.1 Å². The molecular weight excluding hydrogens is 242 g/mol.